The van der Waals surface area contributed by atoms with Crippen molar-refractivity contribution >= 4 is 5.91 Å². The van der Waals surface area contributed by atoms with Gasteiger partial charge in [-0.1, -0.05) is 31.2 Å². The van der Waals surface area contributed by atoms with Gasteiger partial charge in [0.05, 0.1) is 0 Å². The number of hydrogen-bond acceptors (Lipinski definition) is 1. The average Bonchev–Trinajstić information content (AvgIpc) is 2.35. The smallest absolute Gasteiger partial charge is 0.219 e. The Labute approximate surface area is 97.1 Å². The first-order chi connectivity index (χ1) is 7.81. The van der Waals surface area contributed by atoms with E-state index in [2.05, 4.69) is 29.6 Å². The lowest BCUT2D eigenvalue weighted by Gasteiger charge is -2.25. The summed E-state index contributed by atoms with van der Waals surface area (Å²) >= 11 is 0. The second kappa shape index (κ2) is 5.15. The summed E-state index contributed by atoms with van der Waals surface area (Å²) in [4.78, 5) is 11.3. The van der Waals surface area contributed by atoms with Gasteiger partial charge in [0.2, 0.25) is 5.91 Å². The first kappa shape index (κ1) is 11.2. The second-order valence-electron chi connectivity index (χ2n) is 4.45. The molecular weight excluding hydrogens is 198 g/mol. The van der Waals surface area contributed by atoms with E-state index in [1.165, 1.54) is 30.4 Å². The third kappa shape index (κ3) is 2.43. The van der Waals surface area contributed by atoms with E-state index >= 15 is 0 Å². The van der Waals surface area contributed by atoms with Crippen LogP contribution in [0.4, 0.5) is 0 Å². The Hall–Kier alpha value is -1.31. The lowest BCUT2D eigenvalue weighted by atomic mass is 9.83. The van der Waals surface area contributed by atoms with Crippen molar-refractivity contribution < 1.29 is 4.79 Å². The number of nitrogens with one attached hydrogen (secondary N) is 1. The summed E-state index contributed by atoms with van der Waals surface area (Å²) in [5.41, 5.74) is 2.90. The Morgan fingerprint density at radius 3 is 3.06 bits per heavy atom. The van der Waals surface area contributed by atoms with Gasteiger partial charge >= 0.3 is 0 Å². The van der Waals surface area contributed by atoms with Gasteiger partial charge in [-0.2, -0.15) is 0 Å². The molecule has 2 heteroatoms. The molecule has 0 aromatic heterocycles. The molecule has 1 amide bonds. The summed E-state index contributed by atoms with van der Waals surface area (Å²) in [5, 5.41) is 3.00. The van der Waals surface area contributed by atoms with Gasteiger partial charge in [-0.15, -0.1) is 0 Å². The van der Waals surface area contributed by atoms with Crippen molar-refractivity contribution in [2.75, 3.05) is 6.54 Å². The van der Waals surface area contributed by atoms with E-state index in [4.69, 9.17) is 0 Å². The maximum atomic E-state index is 11.3. The number of hydrogen-bond donors (Lipinski definition) is 1. The van der Waals surface area contributed by atoms with E-state index in [1.54, 1.807) is 0 Å². The SMILES string of the molecule is CCC(=O)NCC1CCCc2ccccc21. The third-order valence-electron chi connectivity index (χ3n) is 3.36. The maximum Gasteiger partial charge on any atom is 0.219 e. The maximum absolute atomic E-state index is 11.3. The first-order valence-corrected chi connectivity index (χ1v) is 6.15. The summed E-state index contributed by atoms with van der Waals surface area (Å²) in [6, 6.07) is 8.62. The molecule has 0 radical (unpaired) electrons. The number of carbonyl (C=O) groups excluding carboxylic acids is 1. The monoisotopic (exact) mass is 217 g/mol. The van der Waals surface area contributed by atoms with Crippen LogP contribution in [-0.2, 0) is 11.2 Å². The van der Waals surface area contributed by atoms with Gasteiger partial charge in [0.15, 0.2) is 0 Å². The van der Waals surface area contributed by atoms with Crippen LogP contribution in [0.15, 0.2) is 24.3 Å². The normalized spacial score (nSPS) is 18.9. The fourth-order valence-electron chi connectivity index (χ4n) is 2.43. The highest BCUT2D eigenvalue weighted by Crippen LogP contribution is 2.30. The highest BCUT2D eigenvalue weighted by molar-refractivity contribution is 5.75. The van der Waals surface area contributed by atoms with Crippen LogP contribution < -0.4 is 5.32 Å². The zero-order chi connectivity index (χ0) is 11.4. The number of carbonyl (C=O) groups is 1. The Bertz CT molecular complexity index is 373. The van der Waals surface area contributed by atoms with Crippen molar-refractivity contribution in [2.45, 2.75) is 38.5 Å². The number of rotatable bonds is 3. The molecule has 86 valence electrons. The number of benzene rings is 1. The molecular formula is C14H19NO. The Morgan fingerprint density at radius 1 is 1.44 bits per heavy atom. The van der Waals surface area contributed by atoms with E-state index in [-0.39, 0.29) is 5.91 Å². The molecule has 1 atom stereocenters. The summed E-state index contributed by atoms with van der Waals surface area (Å²) < 4.78 is 0. The Balaban J connectivity index is 2.04. The van der Waals surface area contributed by atoms with Crippen molar-refractivity contribution in [2.24, 2.45) is 0 Å². The van der Waals surface area contributed by atoms with Crippen molar-refractivity contribution in [3.63, 3.8) is 0 Å². The Morgan fingerprint density at radius 2 is 2.25 bits per heavy atom. The fraction of sp³-hybridized carbons (Fsp3) is 0.500. The molecule has 1 aliphatic carbocycles. The molecule has 0 spiro atoms. The lowest BCUT2D eigenvalue weighted by Crippen LogP contribution is -2.29. The molecule has 2 rings (SSSR count). The van der Waals surface area contributed by atoms with Gasteiger partial charge < -0.3 is 5.32 Å². The van der Waals surface area contributed by atoms with E-state index in [1.807, 2.05) is 6.92 Å². The largest absolute Gasteiger partial charge is 0.356 e. The van der Waals surface area contributed by atoms with Crippen molar-refractivity contribution in [1.82, 2.24) is 5.32 Å². The number of amides is 1. The standard InChI is InChI=1S/C14H19NO/c1-2-14(16)15-10-12-8-5-7-11-6-3-4-9-13(11)12/h3-4,6,9,12H,2,5,7-8,10H2,1H3,(H,15,16). The molecule has 0 aliphatic heterocycles. The van der Waals surface area contributed by atoms with Crippen molar-refractivity contribution in [3.8, 4) is 0 Å². The molecule has 0 saturated heterocycles. The van der Waals surface area contributed by atoms with Gasteiger partial charge in [0.1, 0.15) is 0 Å². The molecule has 0 heterocycles. The van der Waals surface area contributed by atoms with E-state index in [0.29, 0.717) is 12.3 Å². The molecule has 1 N–H and O–H groups in total. The summed E-state index contributed by atoms with van der Waals surface area (Å²) in [6.45, 7) is 2.69. The molecule has 16 heavy (non-hydrogen) atoms. The highest BCUT2D eigenvalue weighted by atomic mass is 16.1. The molecule has 1 aromatic rings. The van der Waals surface area contributed by atoms with Crippen LogP contribution in [0, 0.1) is 0 Å². The predicted molar refractivity (Wildman–Crippen MR) is 65.4 cm³/mol. The zero-order valence-corrected chi connectivity index (χ0v) is 9.83. The molecule has 0 bridgehead atoms. The highest BCUT2D eigenvalue weighted by Gasteiger charge is 2.19. The van der Waals surface area contributed by atoms with Gasteiger partial charge in [-0.25, -0.2) is 0 Å². The summed E-state index contributed by atoms with van der Waals surface area (Å²) in [6.07, 6.45) is 4.20. The van der Waals surface area contributed by atoms with Gasteiger partial charge in [-0.3, -0.25) is 4.79 Å². The van der Waals surface area contributed by atoms with E-state index in [0.717, 1.165) is 6.54 Å². The summed E-state index contributed by atoms with van der Waals surface area (Å²) in [5.74, 6) is 0.670. The van der Waals surface area contributed by atoms with Crippen molar-refractivity contribution in [1.29, 1.82) is 0 Å². The van der Waals surface area contributed by atoms with Gasteiger partial charge in [0.25, 0.3) is 0 Å². The molecule has 2 nitrogen and oxygen atoms in total. The minimum Gasteiger partial charge on any atom is -0.356 e. The average molecular weight is 217 g/mol. The molecule has 0 fully saturated rings. The minimum absolute atomic E-state index is 0.156. The molecule has 0 saturated carbocycles. The zero-order valence-electron chi connectivity index (χ0n) is 9.83. The molecule has 1 unspecified atom stereocenters. The van der Waals surface area contributed by atoms with Crippen LogP contribution in [0.25, 0.3) is 0 Å². The topological polar surface area (TPSA) is 29.1 Å². The van der Waals surface area contributed by atoms with Crippen LogP contribution in [0.5, 0.6) is 0 Å². The van der Waals surface area contributed by atoms with Crippen LogP contribution in [0.2, 0.25) is 0 Å². The van der Waals surface area contributed by atoms with Crippen molar-refractivity contribution in [3.05, 3.63) is 35.4 Å². The first-order valence-electron chi connectivity index (χ1n) is 6.15. The molecule has 1 aromatic carbocycles. The quantitative estimate of drug-likeness (QED) is 0.828. The predicted octanol–water partition coefficient (Wildman–Crippen LogP) is 2.63. The number of fused-ring (bicyclic) bond motifs is 1. The van der Waals surface area contributed by atoms with Gasteiger partial charge in [0, 0.05) is 18.9 Å². The van der Waals surface area contributed by atoms with Crippen LogP contribution >= 0.6 is 0 Å². The minimum atomic E-state index is 0.156. The Kier molecular flexibility index (Phi) is 3.60. The molecule has 1 aliphatic rings. The van der Waals surface area contributed by atoms with Crippen LogP contribution in [0.3, 0.4) is 0 Å². The van der Waals surface area contributed by atoms with E-state index < -0.39 is 0 Å². The van der Waals surface area contributed by atoms with Crippen LogP contribution in [-0.4, -0.2) is 12.5 Å². The summed E-state index contributed by atoms with van der Waals surface area (Å²) in [7, 11) is 0. The lowest BCUT2D eigenvalue weighted by molar-refractivity contribution is -0.120. The fourth-order valence-corrected chi connectivity index (χ4v) is 2.43. The third-order valence-corrected chi connectivity index (χ3v) is 3.36. The van der Waals surface area contributed by atoms with E-state index in [9.17, 15) is 4.79 Å². The van der Waals surface area contributed by atoms with Gasteiger partial charge in [-0.05, 0) is 30.4 Å². The number of aryl methyl sites for hydroxylation is 1. The van der Waals surface area contributed by atoms with Crippen LogP contribution in [0.1, 0.15) is 43.2 Å². The second-order valence-corrected chi connectivity index (χ2v) is 4.45.